The van der Waals surface area contributed by atoms with Crippen LogP contribution in [0.25, 0.3) is 0 Å². The second-order valence-electron chi connectivity index (χ2n) is 3.75. The molecule has 2 aromatic rings. The first-order chi connectivity index (χ1) is 8.62. The summed E-state index contributed by atoms with van der Waals surface area (Å²) in [7, 11) is -3.49. The molecule has 0 radical (unpaired) electrons. The summed E-state index contributed by atoms with van der Waals surface area (Å²) in [5.41, 5.74) is 0.480. The van der Waals surface area contributed by atoms with Gasteiger partial charge in [0.05, 0.1) is 11.5 Å². The van der Waals surface area contributed by atoms with Gasteiger partial charge < -0.3 is 10.1 Å². The van der Waals surface area contributed by atoms with Crippen molar-refractivity contribution >= 4 is 21.4 Å². The van der Waals surface area contributed by atoms with Crippen molar-refractivity contribution in [1.29, 1.82) is 0 Å². The summed E-state index contributed by atoms with van der Waals surface area (Å²) in [6, 6.07) is 5.33. The summed E-state index contributed by atoms with van der Waals surface area (Å²) in [5.74, 6) is 0. The van der Waals surface area contributed by atoms with Crippen LogP contribution < -0.4 is 4.72 Å². The molecule has 0 atom stereocenters. The standard InChI is InChI=1S/C11H14N2O3S2/c14-8-9-6-11(7-12-9)18(15,16)13-4-3-10-2-1-5-17-10/h1-2,5-7,12-14H,3-4,8H2. The SMILES string of the molecule is O=S(=O)(NCCc1cccs1)c1c[nH]c(CO)c1. The number of aromatic amines is 1. The Hall–Kier alpha value is -1.15. The van der Waals surface area contributed by atoms with E-state index in [0.29, 0.717) is 18.7 Å². The molecule has 7 heteroatoms. The Bertz CT molecular complexity index is 588. The van der Waals surface area contributed by atoms with Crippen molar-refractivity contribution < 1.29 is 13.5 Å². The van der Waals surface area contributed by atoms with E-state index in [2.05, 4.69) is 9.71 Å². The van der Waals surface area contributed by atoms with Crippen LogP contribution in [0.4, 0.5) is 0 Å². The van der Waals surface area contributed by atoms with Crippen LogP contribution in [0.3, 0.4) is 0 Å². The molecule has 5 nitrogen and oxygen atoms in total. The molecule has 0 bridgehead atoms. The molecule has 0 aliphatic heterocycles. The maximum absolute atomic E-state index is 11.9. The molecule has 0 fully saturated rings. The summed E-state index contributed by atoms with van der Waals surface area (Å²) < 4.78 is 26.3. The lowest BCUT2D eigenvalue weighted by molar-refractivity contribution is 0.277. The molecule has 2 rings (SSSR count). The lowest BCUT2D eigenvalue weighted by atomic mass is 10.3. The van der Waals surface area contributed by atoms with Crippen molar-refractivity contribution in [2.75, 3.05) is 6.54 Å². The number of sulfonamides is 1. The van der Waals surface area contributed by atoms with Gasteiger partial charge in [0.25, 0.3) is 0 Å². The first-order valence-corrected chi connectivity index (χ1v) is 7.78. The highest BCUT2D eigenvalue weighted by atomic mass is 32.2. The molecule has 0 saturated carbocycles. The number of aliphatic hydroxyl groups excluding tert-OH is 1. The quantitative estimate of drug-likeness (QED) is 0.743. The second-order valence-corrected chi connectivity index (χ2v) is 6.55. The predicted molar refractivity (Wildman–Crippen MR) is 69.9 cm³/mol. The number of rotatable bonds is 6. The van der Waals surface area contributed by atoms with Gasteiger partial charge in [0.1, 0.15) is 0 Å². The number of thiophene rings is 1. The molecule has 0 aliphatic carbocycles. The highest BCUT2D eigenvalue weighted by Gasteiger charge is 2.15. The smallest absolute Gasteiger partial charge is 0.242 e. The van der Waals surface area contributed by atoms with E-state index in [9.17, 15) is 8.42 Å². The Morgan fingerprint density at radius 2 is 2.28 bits per heavy atom. The zero-order valence-corrected chi connectivity index (χ0v) is 11.2. The normalized spacial score (nSPS) is 11.8. The van der Waals surface area contributed by atoms with Gasteiger partial charge in [0.2, 0.25) is 10.0 Å². The molecule has 0 unspecified atom stereocenters. The third kappa shape index (κ3) is 3.20. The largest absolute Gasteiger partial charge is 0.390 e. The van der Waals surface area contributed by atoms with E-state index < -0.39 is 10.0 Å². The van der Waals surface area contributed by atoms with E-state index in [1.807, 2.05) is 17.5 Å². The average Bonchev–Trinajstić information content (AvgIpc) is 2.99. The van der Waals surface area contributed by atoms with Crippen LogP contribution in [-0.2, 0) is 23.1 Å². The lowest BCUT2D eigenvalue weighted by Gasteiger charge is -2.03. The summed E-state index contributed by atoms with van der Waals surface area (Å²) in [5, 5.41) is 10.8. The van der Waals surface area contributed by atoms with Crippen molar-refractivity contribution in [3.8, 4) is 0 Å². The summed E-state index contributed by atoms with van der Waals surface area (Å²) in [4.78, 5) is 3.99. The molecule has 3 N–H and O–H groups in total. The predicted octanol–water partition coefficient (Wildman–Crippen LogP) is 1.09. The summed E-state index contributed by atoms with van der Waals surface area (Å²) in [6.45, 7) is 0.160. The Labute approximate surface area is 110 Å². The fourth-order valence-corrected chi connectivity index (χ4v) is 3.27. The number of hydrogen-bond acceptors (Lipinski definition) is 4. The minimum atomic E-state index is -3.49. The Morgan fingerprint density at radius 3 is 2.89 bits per heavy atom. The molecule has 98 valence electrons. The van der Waals surface area contributed by atoms with E-state index in [1.165, 1.54) is 12.3 Å². The fourth-order valence-electron chi connectivity index (χ4n) is 1.51. The van der Waals surface area contributed by atoms with Gasteiger partial charge in [-0.05, 0) is 23.9 Å². The van der Waals surface area contributed by atoms with E-state index in [4.69, 9.17) is 5.11 Å². The van der Waals surface area contributed by atoms with Gasteiger partial charge in [-0.25, -0.2) is 13.1 Å². The minimum Gasteiger partial charge on any atom is -0.390 e. The maximum Gasteiger partial charge on any atom is 0.242 e. The van der Waals surface area contributed by atoms with Gasteiger partial charge in [0.15, 0.2) is 0 Å². The van der Waals surface area contributed by atoms with Crippen LogP contribution in [0.2, 0.25) is 0 Å². The highest BCUT2D eigenvalue weighted by molar-refractivity contribution is 7.89. The summed E-state index contributed by atoms with van der Waals surface area (Å²) >= 11 is 1.60. The number of aliphatic hydroxyl groups is 1. The van der Waals surface area contributed by atoms with Crippen LogP contribution in [0.5, 0.6) is 0 Å². The molecular formula is C11H14N2O3S2. The molecule has 0 aromatic carbocycles. The first-order valence-electron chi connectivity index (χ1n) is 5.42. The number of hydrogen-bond donors (Lipinski definition) is 3. The number of aromatic nitrogens is 1. The molecule has 2 heterocycles. The van der Waals surface area contributed by atoms with Gasteiger partial charge in [0, 0.05) is 23.3 Å². The number of H-pyrrole nitrogens is 1. The van der Waals surface area contributed by atoms with Crippen LogP contribution in [0.1, 0.15) is 10.6 Å². The maximum atomic E-state index is 11.9. The Morgan fingerprint density at radius 1 is 1.44 bits per heavy atom. The molecule has 0 amide bonds. The van der Waals surface area contributed by atoms with Crippen LogP contribution >= 0.6 is 11.3 Å². The van der Waals surface area contributed by atoms with Crippen LogP contribution in [-0.4, -0.2) is 25.1 Å². The van der Waals surface area contributed by atoms with E-state index in [1.54, 1.807) is 11.3 Å². The number of nitrogens with one attached hydrogen (secondary N) is 2. The summed E-state index contributed by atoms with van der Waals surface area (Å²) in [6.07, 6.45) is 2.05. The van der Waals surface area contributed by atoms with Crippen molar-refractivity contribution in [3.63, 3.8) is 0 Å². The average molecular weight is 286 g/mol. The third-order valence-electron chi connectivity index (χ3n) is 2.44. The highest BCUT2D eigenvalue weighted by Crippen LogP contribution is 2.12. The lowest BCUT2D eigenvalue weighted by Crippen LogP contribution is -2.25. The minimum absolute atomic E-state index is 0.151. The molecule has 0 spiro atoms. The molecule has 0 saturated heterocycles. The second kappa shape index (κ2) is 5.66. The Balaban J connectivity index is 1.95. The van der Waals surface area contributed by atoms with Crippen molar-refractivity contribution in [2.24, 2.45) is 0 Å². The molecular weight excluding hydrogens is 272 g/mol. The first kappa shape index (κ1) is 13.3. The van der Waals surface area contributed by atoms with Gasteiger partial charge in [-0.2, -0.15) is 0 Å². The topological polar surface area (TPSA) is 82.2 Å². The molecule has 0 aliphatic rings. The van der Waals surface area contributed by atoms with Crippen LogP contribution in [0, 0.1) is 0 Å². The van der Waals surface area contributed by atoms with Crippen molar-refractivity contribution in [2.45, 2.75) is 17.9 Å². The fraction of sp³-hybridized carbons (Fsp3) is 0.273. The molecule has 2 aromatic heterocycles. The third-order valence-corrected chi connectivity index (χ3v) is 4.82. The van der Waals surface area contributed by atoms with E-state index in [-0.39, 0.29) is 11.5 Å². The Kier molecular flexibility index (Phi) is 4.18. The van der Waals surface area contributed by atoms with E-state index >= 15 is 0 Å². The molecule has 18 heavy (non-hydrogen) atoms. The zero-order chi connectivity index (χ0) is 13.0. The van der Waals surface area contributed by atoms with E-state index in [0.717, 1.165) is 4.88 Å². The van der Waals surface area contributed by atoms with Crippen LogP contribution in [0.15, 0.2) is 34.7 Å². The van der Waals surface area contributed by atoms with Gasteiger partial charge in [-0.1, -0.05) is 6.07 Å². The monoisotopic (exact) mass is 286 g/mol. The van der Waals surface area contributed by atoms with Gasteiger partial charge in [-0.15, -0.1) is 11.3 Å². The van der Waals surface area contributed by atoms with Gasteiger partial charge >= 0.3 is 0 Å². The van der Waals surface area contributed by atoms with Crippen molar-refractivity contribution in [1.82, 2.24) is 9.71 Å². The zero-order valence-electron chi connectivity index (χ0n) is 9.59. The van der Waals surface area contributed by atoms with Gasteiger partial charge in [-0.3, -0.25) is 0 Å². The van der Waals surface area contributed by atoms with Crippen molar-refractivity contribution in [3.05, 3.63) is 40.3 Å².